The number of amides is 1. The summed E-state index contributed by atoms with van der Waals surface area (Å²) < 4.78 is 7.64. The molecule has 8 nitrogen and oxygen atoms in total. The van der Waals surface area contributed by atoms with Gasteiger partial charge in [0.15, 0.2) is 10.2 Å². The van der Waals surface area contributed by atoms with Gasteiger partial charge in [-0.1, -0.05) is 6.07 Å². The molecule has 4 aromatic rings. The van der Waals surface area contributed by atoms with Crippen LogP contribution in [0.25, 0.3) is 5.13 Å². The minimum Gasteiger partial charge on any atom is -0.495 e. The highest BCUT2D eigenvalue weighted by Gasteiger charge is 2.42. The van der Waals surface area contributed by atoms with Crippen molar-refractivity contribution in [1.82, 2.24) is 19.9 Å². The van der Waals surface area contributed by atoms with Gasteiger partial charge < -0.3 is 20.3 Å². The first-order valence-corrected chi connectivity index (χ1v) is 12.7. The molecule has 5 rings (SSSR count). The van der Waals surface area contributed by atoms with Gasteiger partial charge in [0.2, 0.25) is 5.91 Å². The molecule has 2 atom stereocenters. The van der Waals surface area contributed by atoms with Gasteiger partial charge in [0.1, 0.15) is 5.75 Å². The van der Waals surface area contributed by atoms with Crippen molar-refractivity contribution < 1.29 is 9.53 Å². The van der Waals surface area contributed by atoms with Crippen LogP contribution in [0.15, 0.2) is 60.2 Å². The first-order valence-electron chi connectivity index (χ1n) is 11.4. The van der Waals surface area contributed by atoms with E-state index in [1.807, 2.05) is 48.0 Å². The minimum absolute atomic E-state index is 0.178. The van der Waals surface area contributed by atoms with E-state index < -0.39 is 0 Å². The normalized spacial score (nSPS) is 17.2. The average molecular weight is 519 g/mol. The molecule has 0 unspecified atom stereocenters. The van der Waals surface area contributed by atoms with Crippen molar-refractivity contribution in [2.24, 2.45) is 0 Å². The van der Waals surface area contributed by atoms with E-state index in [0.717, 1.165) is 33.5 Å². The first-order chi connectivity index (χ1) is 17.4. The predicted molar refractivity (Wildman–Crippen MR) is 146 cm³/mol. The summed E-state index contributed by atoms with van der Waals surface area (Å²) in [7, 11) is 1.58. The second-order valence-electron chi connectivity index (χ2n) is 8.54. The fourth-order valence-corrected chi connectivity index (χ4v) is 5.89. The molecule has 1 aliphatic rings. The van der Waals surface area contributed by atoms with Gasteiger partial charge >= 0.3 is 0 Å². The monoisotopic (exact) mass is 518 g/mol. The molecule has 0 aliphatic carbocycles. The summed E-state index contributed by atoms with van der Waals surface area (Å²) in [4.78, 5) is 23.1. The summed E-state index contributed by atoms with van der Waals surface area (Å²) in [5.41, 5.74) is 5.59. The lowest BCUT2D eigenvalue weighted by Gasteiger charge is -2.28. The third kappa shape index (κ3) is 4.22. The topological polar surface area (TPSA) is 84.3 Å². The van der Waals surface area contributed by atoms with E-state index in [4.69, 9.17) is 17.0 Å². The second-order valence-corrected chi connectivity index (χ2v) is 9.80. The van der Waals surface area contributed by atoms with Gasteiger partial charge in [0.25, 0.3) is 0 Å². The van der Waals surface area contributed by atoms with E-state index in [2.05, 4.69) is 50.0 Å². The summed E-state index contributed by atoms with van der Waals surface area (Å²) >= 11 is 7.48. The van der Waals surface area contributed by atoms with Crippen molar-refractivity contribution in [3.63, 3.8) is 0 Å². The highest BCUT2D eigenvalue weighted by atomic mass is 32.1. The number of hydrogen-bond donors (Lipinski definition) is 2. The largest absolute Gasteiger partial charge is 0.495 e. The van der Waals surface area contributed by atoms with Gasteiger partial charge in [-0.15, -0.1) is 11.3 Å². The standard InChI is InChI=1S/C26H26N6O2S2/c1-15-13-19(16(2)31(15)26-28-11-12-36-26)24-23(20-7-5-6-10-27-20)30-25(35)32(24)18-8-9-22(34-4)21(14-18)29-17(3)33/h5-14,23-24H,1-4H3,(H,29,33)(H,30,35)/t23-,24-/m1/s1. The Hall–Kier alpha value is -3.76. The lowest BCUT2D eigenvalue weighted by atomic mass is 9.96. The maximum Gasteiger partial charge on any atom is 0.221 e. The summed E-state index contributed by atoms with van der Waals surface area (Å²) in [5.74, 6) is 0.397. The van der Waals surface area contributed by atoms with Crippen molar-refractivity contribution in [2.75, 3.05) is 17.3 Å². The lowest BCUT2D eigenvalue weighted by Crippen LogP contribution is -2.29. The molecule has 3 aromatic heterocycles. The SMILES string of the molecule is COc1ccc(N2C(=S)N[C@H](c3ccccn3)[C@H]2c2cc(C)n(-c3nccs3)c2C)cc1NC(C)=O. The molecule has 1 saturated heterocycles. The van der Waals surface area contributed by atoms with Crippen LogP contribution in [-0.4, -0.2) is 32.7 Å². The number of aromatic nitrogens is 3. The number of benzene rings is 1. The molecule has 2 N–H and O–H groups in total. The second kappa shape index (κ2) is 9.71. The number of thiocarbonyl (C=S) groups is 1. The number of hydrogen-bond acceptors (Lipinski definition) is 6. The van der Waals surface area contributed by atoms with Gasteiger partial charge in [-0.05, 0) is 68.0 Å². The van der Waals surface area contributed by atoms with Gasteiger partial charge in [0.05, 0.1) is 30.6 Å². The van der Waals surface area contributed by atoms with Crippen LogP contribution < -0.4 is 20.3 Å². The number of carbonyl (C=O) groups excluding carboxylic acids is 1. The maximum atomic E-state index is 11.9. The van der Waals surface area contributed by atoms with Crippen molar-refractivity contribution in [3.05, 3.63) is 82.9 Å². The van der Waals surface area contributed by atoms with Crippen molar-refractivity contribution in [3.8, 4) is 10.9 Å². The third-order valence-corrected chi connectivity index (χ3v) is 7.34. The number of carbonyl (C=O) groups is 1. The average Bonchev–Trinajstić information content (AvgIpc) is 3.57. The van der Waals surface area contributed by atoms with Gasteiger partial charge in [-0.2, -0.15) is 0 Å². The molecule has 0 saturated carbocycles. The van der Waals surface area contributed by atoms with E-state index in [1.54, 1.807) is 24.6 Å². The van der Waals surface area contributed by atoms with Crippen LogP contribution in [-0.2, 0) is 4.79 Å². The molecule has 1 aromatic carbocycles. The van der Waals surface area contributed by atoms with Crippen LogP contribution in [0.3, 0.4) is 0 Å². The number of nitrogens with one attached hydrogen (secondary N) is 2. The molecule has 0 radical (unpaired) electrons. The van der Waals surface area contributed by atoms with Gasteiger partial charge in [-0.25, -0.2) is 4.98 Å². The molecule has 1 fully saturated rings. The molecule has 10 heteroatoms. The summed E-state index contributed by atoms with van der Waals surface area (Å²) in [5, 5.41) is 9.84. The summed E-state index contributed by atoms with van der Waals surface area (Å²) in [6.07, 6.45) is 3.61. The van der Waals surface area contributed by atoms with E-state index in [0.29, 0.717) is 16.5 Å². The molecule has 1 aliphatic heterocycles. The number of ether oxygens (including phenoxy) is 1. The molecule has 36 heavy (non-hydrogen) atoms. The number of methoxy groups -OCH3 is 1. The Morgan fingerprint density at radius 1 is 1.17 bits per heavy atom. The maximum absolute atomic E-state index is 11.9. The van der Waals surface area contributed by atoms with Gasteiger partial charge in [0, 0.05) is 41.8 Å². The van der Waals surface area contributed by atoms with Crippen LogP contribution in [0.5, 0.6) is 5.75 Å². The summed E-state index contributed by atoms with van der Waals surface area (Å²) in [6, 6.07) is 13.4. The Labute approximate surface area is 219 Å². The highest BCUT2D eigenvalue weighted by Crippen LogP contribution is 2.45. The van der Waals surface area contributed by atoms with Crippen molar-refractivity contribution in [2.45, 2.75) is 32.9 Å². The Morgan fingerprint density at radius 2 is 2.00 bits per heavy atom. The van der Waals surface area contributed by atoms with E-state index in [9.17, 15) is 4.79 Å². The van der Waals surface area contributed by atoms with Crippen molar-refractivity contribution >= 4 is 45.9 Å². The first kappa shape index (κ1) is 24.0. The number of nitrogens with zero attached hydrogens (tertiary/aromatic N) is 4. The molecule has 184 valence electrons. The molecule has 1 amide bonds. The number of anilines is 2. The van der Waals surface area contributed by atoms with Crippen LogP contribution >= 0.6 is 23.6 Å². The quantitative estimate of drug-likeness (QED) is 0.344. The van der Waals surface area contributed by atoms with Gasteiger partial charge in [-0.3, -0.25) is 14.3 Å². The van der Waals surface area contributed by atoms with Crippen LogP contribution in [0.4, 0.5) is 11.4 Å². The van der Waals surface area contributed by atoms with Crippen molar-refractivity contribution in [1.29, 1.82) is 0 Å². The fraction of sp³-hybridized carbons (Fsp3) is 0.231. The number of pyridine rings is 1. The predicted octanol–water partition coefficient (Wildman–Crippen LogP) is 5.09. The van der Waals surface area contributed by atoms with Crippen LogP contribution in [0, 0.1) is 13.8 Å². The highest BCUT2D eigenvalue weighted by molar-refractivity contribution is 7.80. The van der Waals surface area contributed by atoms with Crippen LogP contribution in [0.2, 0.25) is 0 Å². The van der Waals surface area contributed by atoms with E-state index in [-0.39, 0.29) is 18.0 Å². The number of aryl methyl sites for hydroxylation is 1. The molecule has 0 bridgehead atoms. The molecular weight excluding hydrogens is 492 g/mol. The zero-order valence-corrected chi connectivity index (χ0v) is 22.0. The van der Waals surface area contributed by atoms with E-state index in [1.165, 1.54) is 6.92 Å². The number of thiazole rings is 1. The van der Waals surface area contributed by atoms with E-state index >= 15 is 0 Å². The smallest absolute Gasteiger partial charge is 0.221 e. The number of rotatable bonds is 6. The Kier molecular flexibility index (Phi) is 6.46. The molecule has 4 heterocycles. The molecule has 0 spiro atoms. The Morgan fingerprint density at radius 3 is 2.67 bits per heavy atom. The Bertz CT molecular complexity index is 1420. The third-order valence-electron chi connectivity index (χ3n) is 6.27. The zero-order chi connectivity index (χ0) is 25.4. The summed E-state index contributed by atoms with van der Waals surface area (Å²) in [6.45, 7) is 5.66. The lowest BCUT2D eigenvalue weighted by molar-refractivity contribution is -0.114. The molecular formula is C26H26N6O2S2. The van der Waals surface area contributed by atoms with Crippen LogP contribution in [0.1, 0.15) is 41.7 Å². The Balaban J connectivity index is 1.67. The zero-order valence-electron chi connectivity index (χ0n) is 20.4. The minimum atomic E-state index is -0.189. The fourth-order valence-electron chi connectivity index (χ4n) is 4.79.